The first-order valence-corrected chi connectivity index (χ1v) is 5.79. The Labute approximate surface area is 122 Å². The highest BCUT2D eigenvalue weighted by atomic mass is 35.5. The Morgan fingerprint density at radius 2 is 1.71 bits per heavy atom. The molecule has 0 aliphatic carbocycles. The lowest BCUT2D eigenvalue weighted by atomic mass is 9.97. The maximum Gasteiger partial charge on any atom is 0.416 e. The predicted molar refractivity (Wildman–Crippen MR) is 65.3 cm³/mol. The highest BCUT2D eigenvalue weighted by Gasteiger charge is 2.39. The van der Waals surface area contributed by atoms with Crippen molar-refractivity contribution in [2.75, 3.05) is 19.8 Å². The van der Waals surface area contributed by atoms with Gasteiger partial charge in [0.15, 0.2) is 0 Å². The third-order valence-corrected chi connectivity index (χ3v) is 2.98. The molecule has 2 nitrogen and oxygen atoms in total. The molecule has 1 N–H and O–H groups in total. The van der Waals surface area contributed by atoms with E-state index in [4.69, 9.17) is 4.74 Å². The molecule has 1 fully saturated rings. The third kappa shape index (κ3) is 4.24. The van der Waals surface area contributed by atoms with Crippen molar-refractivity contribution in [2.45, 2.75) is 18.4 Å². The van der Waals surface area contributed by atoms with Crippen LogP contribution in [-0.2, 0) is 17.1 Å². The van der Waals surface area contributed by atoms with E-state index in [1.54, 1.807) is 0 Å². The lowest BCUT2D eigenvalue weighted by Crippen LogP contribution is -2.35. The van der Waals surface area contributed by atoms with Crippen molar-refractivity contribution in [3.63, 3.8) is 0 Å². The van der Waals surface area contributed by atoms with Gasteiger partial charge in [-0.15, -0.1) is 12.4 Å². The number of benzene rings is 1. The van der Waals surface area contributed by atoms with Crippen molar-refractivity contribution >= 4 is 12.4 Å². The number of rotatable bonds is 1. The summed E-state index contributed by atoms with van der Waals surface area (Å²) in [7, 11) is 0. The molecule has 0 aromatic heterocycles. The molecular formula is C12H12ClF6NO. The molecule has 1 aromatic carbocycles. The zero-order valence-corrected chi connectivity index (χ0v) is 11.3. The Balaban J connectivity index is 0.00000220. The molecule has 0 spiro atoms. The largest absolute Gasteiger partial charge is 0.416 e. The number of nitrogens with one attached hydrogen (secondary N) is 1. The van der Waals surface area contributed by atoms with E-state index in [0.717, 1.165) is 6.07 Å². The molecule has 0 bridgehead atoms. The van der Waals surface area contributed by atoms with Gasteiger partial charge in [-0.25, -0.2) is 0 Å². The van der Waals surface area contributed by atoms with Crippen LogP contribution < -0.4 is 5.32 Å². The fraction of sp³-hybridized carbons (Fsp3) is 0.500. The summed E-state index contributed by atoms with van der Waals surface area (Å²) in [6.07, 6.45) is -9.66. The minimum atomic E-state index is -4.85. The summed E-state index contributed by atoms with van der Waals surface area (Å²) in [4.78, 5) is 0. The van der Waals surface area contributed by atoms with Gasteiger partial charge in [-0.2, -0.15) is 26.3 Å². The summed E-state index contributed by atoms with van der Waals surface area (Å²) in [5, 5.41) is 2.80. The lowest BCUT2D eigenvalue weighted by molar-refractivity contribution is -0.143. The molecule has 1 saturated heterocycles. The van der Waals surface area contributed by atoms with Crippen LogP contribution in [0.4, 0.5) is 26.3 Å². The molecule has 0 saturated carbocycles. The molecule has 120 valence electrons. The van der Waals surface area contributed by atoms with Crippen molar-refractivity contribution in [1.82, 2.24) is 5.32 Å². The van der Waals surface area contributed by atoms with Gasteiger partial charge in [-0.1, -0.05) is 6.07 Å². The second-order valence-corrected chi connectivity index (χ2v) is 4.38. The first-order chi connectivity index (χ1) is 9.19. The topological polar surface area (TPSA) is 21.3 Å². The molecule has 0 amide bonds. The Kier molecular flexibility index (Phi) is 5.51. The predicted octanol–water partition coefficient (Wildman–Crippen LogP) is 3.81. The van der Waals surface area contributed by atoms with Crippen molar-refractivity contribution in [3.8, 4) is 0 Å². The summed E-state index contributed by atoms with van der Waals surface area (Å²) >= 11 is 0. The van der Waals surface area contributed by atoms with Crippen LogP contribution in [0.5, 0.6) is 0 Å². The Morgan fingerprint density at radius 3 is 2.19 bits per heavy atom. The van der Waals surface area contributed by atoms with Crippen LogP contribution in [0.15, 0.2) is 18.2 Å². The van der Waals surface area contributed by atoms with E-state index in [2.05, 4.69) is 5.32 Å². The van der Waals surface area contributed by atoms with Crippen LogP contribution >= 0.6 is 12.4 Å². The van der Waals surface area contributed by atoms with E-state index in [0.29, 0.717) is 19.2 Å². The lowest BCUT2D eigenvalue weighted by Gasteiger charge is -2.27. The van der Waals surface area contributed by atoms with Crippen LogP contribution in [0.25, 0.3) is 0 Å². The minimum absolute atomic E-state index is 0. The number of ether oxygens (including phenoxy) is 1. The maximum atomic E-state index is 12.9. The van der Waals surface area contributed by atoms with Crippen molar-refractivity contribution < 1.29 is 31.1 Å². The summed E-state index contributed by atoms with van der Waals surface area (Å²) in [6, 6.07) is 0.896. The highest BCUT2D eigenvalue weighted by Crippen LogP contribution is 2.39. The van der Waals surface area contributed by atoms with Crippen LogP contribution in [0.3, 0.4) is 0 Å². The van der Waals surface area contributed by atoms with Gasteiger partial charge in [-0.3, -0.25) is 0 Å². The Bertz CT molecular complexity index is 482. The molecule has 1 atom stereocenters. The van der Waals surface area contributed by atoms with Crippen LogP contribution in [-0.4, -0.2) is 19.8 Å². The number of alkyl halides is 6. The van der Waals surface area contributed by atoms with E-state index in [9.17, 15) is 26.3 Å². The van der Waals surface area contributed by atoms with Gasteiger partial charge in [0.25, 0.3) is 0 Å². The van der Waals surface area contributed by atoms with E-state index < -0.39 is 29.5 Å². The smallest absolute Gasteiger partial charge is 0.378 e. The van der Waals surface area contributed by atoms with Crippen molar-refractivity contribution in [2.24, 2.45) is 0 Å². The van der Waals surface area contributed by atoms with E-state index in [-0.39, 0.29) is 30.6 Å². The maximum absolute atomic E-state index is 12.9. The fourth-order valence-corrected chi connectivity index (χ4v) is 2.05. The Morgan fingerprint density at radius 1 is 1.05 bits per heavy atom. The number of morpholine rings is 1. The average molecular weight is 336 g/mol. The summed E-state index contributed by atoms with van der Waals surface area (Å²) < 4.78 is 81.4. The van der Waals surface area contributed by atoms with E-state index in [1.165, 1.54) is 0 Å². The molecule has 1 aromatic rings. The first-order valence-electron chi connectivity index (χ1n) is 5.79. The molecule has 21 heavy (non-hydrogen) atoms. The van der Waals surface area contributed by atoms with Crippen LogP contribution in [0, 0.1) is 0 Å². The third-order valence-electron chi connectivity index (χ3n) is 2.98. The second kappa shape index (κ2) is 6.41. The summed E-state index contributed by atoms with van der Waals surface area (Å²) in [5.41, 5.74) is -2.83. The fourth-order valence-electron chi connectivity index (χ4n) is 2.05. The van der Waals surface area contributed by atoms with Gasteiger partial charge >= 0.3 is 12.4 Å². The van der Waals surface area contributed by atoms with Gasteiger partial charge in [-0.05, 0) is 17.7 Å². The molecule has 1 heterocycles. The van der Waals surface area contributed by atoms with Crippen molar-refractivity contribution in [1.29, 1.82) is 0 Å². The molecule has 2 rings (SSSR count). The highest BCUT2D eigenvalue weighted by molar-refractivity contribution is 5.85. The normalized spacial score (nSPS) is 20.0. The minimum Gasteiger partial charge on any atom is -0.378 e. The van der Waals surface area contributed by atoms with Crippen LogP contribution in [0.1, 0.15) is 22.7 Å². The van der Waals surface area contributed by atoms with Gasteiger partial charge < -0.3 is 10.1 Å². The van der Waals surface area contributed by atoms with Crippen LogP contribution in [0.2, 0.25) is 0 Å². The molecular weight excluding hydrogens is 324 g/mol. The molecule has 0 radical (unpaired) electrons. The average Bonchev–Trinajstić information content (AvgIpc) is 2.37. The summed E-state index contributed by atoms with van der Waals surface area (Å²) in [5.74, 6) is 0. The zero-order chi connectivity index (χ0) is 15.0. The Hall–Kier alpha value is -0.990. The monoisotopic (exact) mass is 335 g/mol. The van der Waals surface area contributed by atoms with Gasteiger partial charge in [0.2, 0.25) is 0 Å². The number of hydrogen-bond acceptors (Lipinski definition) is 2. The molecule has 9 heteroatoms. The number of hydrogen-bond donors (Lipinski definition) is 1. The molecule has 0 unspecified atom stereocenters. The van der Waals surface area contributed by atoms with Gasteiger partial charge in [0, 0.05) is 6.54 Å². The first kappa shape index (κ1) is 18.1. The SMILES string of the molecule is Cl.FC(F)(F)c1ccc([C@@H]2COCCN2)c(C(F)(F)F)c1. The second-order valence-electron chi connectivity index (χ2n) is 4.38. The number of halogens is 7. The quantitative estimate of drug-likeness (QED) is 0.788. The van der Waals surface area contributed by atoms with E-state index >= 15 is 0 Å². The molecule has 1 aliphatic rings. The standard InChI is InChI=1S/C12H11F6NO.ClH/c13-11(14,15)7-1-2-8(9(5-7)12(16,17)18)10-6-20-4-3-19-10;/h1-2,5,10,19H,3-4,6H2;1H/t10-;/m0./s1. The van der Waals surface area contributed by atoms with E-state index in [1.807, 2.05) is 0 Å². The van der Waals surface area contributed by atoms with Gasteiger partial charge in [0.1, 0.15) is 0 Å². The summed E-state index contributed by atoms with van der Waals surface area (Å²) in [6.45, 7) is 0.704. The van der Waals surface area contributed by atoms with Crippen molar-refractivity contribution in [3.05, 3.63) is 34.9 Å². The molecule has 1 aliphatic heterocycles. The van der Waals surface area contributed by atoms with Gasteiger partial charge in [0.05, 0.1) is 30.4 Å². The zero-order valence-electron chi connectivity index (χ0n) is 10.5.